The second-order valence-electron chi connectivity index (χ2n) is 4.07. The molecule has 0 spiro atoms. The Hall–Kier alpha value is -2.02. The van der Waals surface area contributed by atoms with Gasteiger partial charge in [-0.15, -0.1) is 0 Å². The van der Waals surface area contributed by atoms with Gasteiger partial charge in [-0.1, -0.05) is 12.1 Å². The average Bonchev–Trinajstić information content (AvgIpc) is 2.42. The van der Waals surface area contributed by atoms with Gasteiger partial charge in [-0.25, -0.2) is 0 Å². The summed E-state index contributed by atoms with van der Waals surface area (Å²) in [5, 5.41) is 8.46. The lowest BCUT2D eigenvalue weighted by molar-refractivity contribution is -0.129. The molecule has 0 aliphatic rings. The zero-order valence-corrected chi connectivity index (χ0v) is 10.8. The number of nitriles is 1. The molecule has 0 saturated carbocycles. The largest absolute Gasteiger partial charge is 0.497 e. The predicted molar refractivity (Wildman–Crippen MR) is 69.2 cm³/mol. The lowest BCUT2D eigenvalue weighted by Crippen LogP contribution is -2.27. The molecular formula is C14H18N2O2. The molecule has 0 N–H and O–H groups in total. The van der Waals surface area contributed by atoms with E-state index < -0.39 is 0 Å². The monoisotopic (exact) mass is 246 g/mol. The van der Waals surface area contributed by atoms with Crippen molar-refractivity contribution in [2.45, 2.75) is 19.3 Å². The molecule has 96 valence electrons. The Kier molecular flexibility index (Phi) is 5.72. The molecule has 0 saturated heterocycles. The maximum absolute atomic E-state index is 11.8. The first-order valence-electron chi connectivity index (χ1n) is 5.91. The Balaban J connectivity index is 2.44. The van der Waals surface area contributed by atoms with E-state index in [4.69, 9.17) is 10.00 Å². The van der Waals surface area contributed by atoms with Gasteiger partial charge in [-0.05, 0) is 24.1 Å². The molecule has 4 heteroatoms. The van der Waals surface area contributed by atoms with Gasteiger partial charge in [0.25, 0.3) is 0 Å². The van der Waals surface area contributed by atoms with Crippen LogP contribution in [0.3, 0.4) is 0 Å². The second kappa shape index (κ2) is 7.33. The van der Waals surface area contributed by atoms with Crippen LogP contribution in [0, 0.1) is 11.3 Å². The first-order valence-corrected chi connectivity index (χ1v) is 5.91. The average molecular weight is 246 g/mol. The van der Waals surface area contributed by atoms with E-state index in [1.807, 2.05) is 30.3 Å². The normalized spacial score (nSPS) is 9.61. The van der Waals surface area contributed by atoms with E-state index in [-0.39, 0.29) is 5.91 Å². The molecule has 1 amide bonds. The molecule has 0 bridgehead atoms. The van der Waals surface area contributed by atoms with Crippen LogP contribution >= 0.6 is 0 Å². The lowest BCUT2D eigenvalue weighted by Gasteiger charge is -2.15. The van der Waals surface area contributed by atoms with Crippen molar-refractivity contribution in [1.29, 1.82) is 5.26 Å². The number of ether oxygens (including phenoxy) is 1. The highest BCUT2D eigenvalue weighted by atomic mass is 16.5. The zero-order valence-electron chi connectivity index (χ0n) is 10.8. The van der Waals surface area contributed by atoms with Gasteiger partial charge < -0.3 is 9.64 Å². The van der Waals surface area contributed by atoms with Crippen molar-refractivity contribution in [3.8, 4) is 11.8 Å². The Morgan fingerprint density at radius 2 is 2.28 bits per heavy atom. The van der Waals surface area contributed by atoms with Crippen molar-refractivity contribution in [2.24, 2.45) is 0 Å². The summed E-state index contributed by atoms with van der Waals surface area (Å²) in [5.41, 5.74) is 1.08. The van der Waals surface area contributed by atoms with Crippen LogP contribution in [0.25, 0.3) is 0 Å². The number of carbonyl (C=O) groups excluding carboxylic acids is 1. The Morgan fingerprint density at radius 3 is 2.94 bits per heavy atom. The molecule has 0 unspecified atom stereocenters. The first kappa shape index (κ1) is 14.0. The third kappa shape index (κ3) is 4.46. The minimum Gasteiger partial charge on any atom is -0.497 e. The molecule has 18 heavy (non-hydrogen) atoms. The van der Waals surface area contributed by atoms with Gasteiger partial charge in [-0.2, -0.15) is 5.26 Å². The van der Waals surface area contributed by atoms with Crippen LogP contribution in [-0.4, -0.2) is 31.5 Å². The van der Waals surface area contributed by atoms with E-state index in [1.54, 1.807) is 19.1 Å². The number of carbonyl (C=O) groups is 1. The minimum absolute atomic E-state index is 0.0630. The van der Waals surface area contributed by atoms with Gasteiger partial charge in [-0.3, -0.25) is 4.79 Å². The van der Waals surface area contributed by atoms with Crippen LogP contribution in [0.1, 0.15) is 18.4 Å². The molecule has 0 atom stereocenters. The second-order valence-corrected chi connectivity index (χ2v) is 4.07. The molecule has 0 aliphatic carbocycles. The third-order valence-corrected chi connectivity index (χ3v) is 2.75. The molecular weight excluding hydrogens is 228 g/mol. The highest BCUT2D eigenvalue weighted by Crippen LogP contribution is 2.14. The summed E-state index contributed by atoms with van der Waals surface area (Å²) in [6.45, 7) is 0.493. The Bertz CT molecular complexity index is 438. The fraction of sp³-hybridized carbons (Fsp3) is 0.429. The number of hydrogen-bond acceptors (Lipinski definition) is 3. The Morgan fingerprint density at radius 1 is 1.50 bits per heavy atom. The summed E-state index contributed by atoms with van der Waals surface area (Å²) in [6.07, 6.45) is 1.52. The summed E-state index contributed by atoms with van der Waals surface area (Å²) in [7, 11) is 3.35. The molecule has 4 nitrogen and oxygen atoms in total. The van der Waals surface area contributed by atoms with Gasteiger partial charge in [0, 0.05) is 20.0 Å². The third-order valence-electron chi connectivity index (χ3n) is 2.75. The summed E-state index contributed by atoms with van der Waals surface area (Å²) >= 11 is 0. The Labute approximate surface area is 108 Å². The van der Waals surface area contributed by atoms with Gasteiger partial charge in [0.2, 0.25) is 5.91 Å². The van der Waals surface area contributed by atoms with Crippen molar-refractivity contribution in [1.82, 2.24) is 4.90 Å². The number of nitrogens with zero attached hydrogens (tertiary/aromatic N) is 2. The molecule has 1 aromatic carbocycles. The molecule has 1 aromatic rings. The van der Waals surface area contributed by atoms with Crippen molar-refractivity contribution in [3.05, 3.63) is 29.8 Å². The van der Waals surface area contributed by atoms with Crippen LogP contribution in [0.5, 0.6) is 5.75 Å². The maximum atomic E-state index is 11.8. The van der Waals surface area contributed by atoms with Gasteiger partial charge in [0.05, 0.1) is 19.6 Å². The number of aryl methyl sites for hydroxylation is 1. The summed E-state index contributed by atoms with van der Waals surface area (Å²) in [4.78, 5) is 13.4. The molecule has 0 fully saturated rings. The van der Waals surface area contributed by atoms with Crippen LogP contribution < -0.4 is 4.74 Å². The fourth-order valence-corrected chi connectivity index (χ4v) is 1.61. The topological polar surface area (TPSA) is 53.3 Å². The van der Waals surface area contributed by atoms with E-state index >= 15 is 0 Å². The number of rotatable bonds is 6. The fourth-order valence-electron chi connectivity index (χ4n) is 1.61. The summed E-state index contributed by atoms with van der Waals surface area (Å²) in [6, 6.07) is 9.74. The van der Waals surface area contributed by atoms with Gasteiger partial charge in [0.1, 0.15) is 5.75 Å². The number of hydrogen-bond donors (Lipinski definition) is 0. The molecule has 1 rings (SSSR count). The highest BCUT2D eigenvalue weighted by Gasteiger charge is 2.08. The van der Waals surface area contributed by atoms with E-state index in [0.717, 1.165) is 11.3 Å². The number of benzene rings is 1. The van der Waals surface area contributed by atoms with E-state index in [2.05, 4.69) is 0 Å². The van der Waals surface area contributed by atoms with E-state index in [9.17, 15) is 4.79 Å². The van der Waals surface area contributed by atoms with Crippen LogP contribution in [0.4, 0.5) is 0 Å². The summed E-state index contributed by atoms with van der Waals surface area (Å²) in [5.74, 6) is 0.867. The van der Waals surface area contributed by atoms with Crippen LogP contribution in [0.15, 0.2) is 24.3 Å². The number of amides is 1. The smallest absolute Gasteiger partial charge is 0.222 e. The quantitative estimate of drug-likeness (QED) is 0.771. The van der Waals surface area contributed by atoms with E-state index in [1.165, 1.54) is 0 Å². The zero-order chi connectivity index (χ0) is 13.4. The molecule has 0 aromatic heterocycles. The van der Waals surface area contributed by atoms with Crippen LogP contribution in [0.2, 0.25) is 0 Å². The highest BCUT2D eigenvalue weighted by molar-refractivity contribution is 5.76. The summed E-state index contributed by atoms with van der Waals surface area (Å²) < 4.78 is 5.13. The number of methoxy groups -OCH3 is 1. The molecule has 0 aliphatic heterocycles. The minimum atomic E-state index is 0.0630. The van der Waals surface area contributed by atoms with Crippen molar-refractivity contribution < 1.29 is 9.53 Å². The lowest BCUT2D eigenvalue weighted by atomic mass is 10.1. The van der Waals surface area contributed by atoms with E-state index in [0.29, 0.717) is 25.8 Å². The van der Waals surface area contributed by atoms with Gasteiger partial charge in [0.15, 0.2) is 0 Å². The van der Waals surface area contributed by atoms with Crippen LogP contribution in [-0.2, 0) is 11.2 Å². The van der Waals surface area contributed by atoms with Crippen molar-refractivity contribution in [2.75, 3.05) is 20.7 Å². The molecule has 0 heterocycles. The standard InChI is InChI=1S/C14H18N2O2/c1-16(10-4-9-15)14(17)8-7-12-5-3-6-13(11-12)18-2/h3,5-6,11H,4,7-8,10H2,1-2H3. The van der Waals surface area contributed by atoms with Gasteiger partial charge >= 0.3 is 0 Å². The predicted octanol–water partition coefficient (Wildman–Crippen LogP) is 2.00. The molecule has 0 radical (unpaired) electrons. The first-order chi connectivity index (χ1) is 8.67. The van der Waals surface area contributed by atoms with Crippen molar-refractivity contribution in [3.63, 3.8) is 0 Å². The maximum Gasteiger partial charge on any atom is 0.222 e. The van der Waals surface area contributed by atoms with Crippen molar-refractivity contribution >= 4 is 5.91 Å². The SMILES string of the molecule is COc1cccc(CCC(=O)N(C)CCC#N)c1.